The van der Waals surface area contributed by atoms with Crippen molar-refractivity contribution in [3.63, 3.8) is 0 Å². The largest absolute Gasteiger partial charge is 0.462 e. The number of carbonyl (C=O) groups excluding carboxylic acids is 3. The second-order valence-corrected chi connectivity index (χ2v) is 17.1. The van der Waals surface area contributed by atoms with E-state index in [1.165, 1.54) is 141 Å². The third-order valence-electron chi connectivity index (χ3n) is 11.1. The van der Waals surface area contributed by atoms with Crippen LogP contribution in [0.3, 0.4) is 0 Å². The fourth-order valence-corrected chi connectivity index (χ4v) is 7.27. The minimum Gasteiger partial charge on any atom is -0.462 e. The van der Waals surface area contributed by atoms with Crippen LogP contribution in [0.15, 0.2) is 36.5 Å². The quantitative estimate of drug-likeness (QED) is 0.0263. The van der Waals surface area contributed by atoms with Crippen molar-refractivity contribution in [1.82, 2.24) is 0 Å². The highest BCUT2D eigenvalue weighted by Crippen LogP contribution is 2.16. The molecule has 0 bridgehead atoms. The van der Waals surface area contributed by atoms with E-state index in [4.69, 9.17) is 14.2 Å². The second kappa shape index (κ2) is 48.3. The molecule has 0 fully saturated rings. The summed E-state index contributed by atoms with van der Waals surface area (Å²) in [7, 11) is 0. The van der Waals surface area contributed by atoms with Crippen LogP contribution in [-0.2, 0) is 28.6 Å². The van der Waals surface area contributed by atoms with Crippen molar-refractivity contribution in [2.45, 2.75) is 271 Å². The summed E-state index contributed by atoms with van der Waals surface area (Å²) in [4.78, 5) is 37.2. The number of unbranched alkanes of at least 4 members (excludes halogenated alkanes) is 29. The molecule has 0 aliphatic carbocycles. The van der Waals surface area contributed by atoms with Crippen LogP contribution >= 0.6 is 0 Å². The normalized spacial score (nSPS) is 12.3. The fraction of sp³-hybridized carbons (Fsp3) is 0.830. The highest BCUT2D eigenvalue weighted by atomic mass is 16.6. The van der Waals surface area contributed by atoms with Gasteiger partial charge in [0.2, 0.25) is 0 Å². The minimum absolute atomic E-state index is 0.0704. The number of hydrogen-bond acceptors (Lipinski definition) is 6. The van der Waals surface area contributed by atoms with Gasteiger partial charge in [0.25, 0.3) is 0 Å². The molecule has 0 aromatic heterocycles. The first-order valence-electron chi connectivity index (χ1n) is 25.5. The van der Waals surface area contributed by atoms with Gasteiger partial charge in [-0.2, -0.15) is 0 Å². The third kappa shape index (κ3) is 46.5. The van der Waals surface area contributed by atoms with Crippen LogP contribution in [0, 0.1) is 0 Å². The van der Waals surface area contributed by atoms with E-state index in [2.05, 4.69) is 57.2 Å². The summed E-state index contributed by atoms with van der Waals surface area (Å²) in [6.07, 6.45) is 56.6. The molecule has 1 atom stereocenters. The molecule has 0 aromatic rings. The average molecular weight is 829 g/mol. The minimum atomic E-state index is -0.760. The zero-order valence-corrected chi connectivity index (χ0v) is 39.3. The van der Waals surface area contributed by atoms with Gasteiger partial charge in [0.15, 0.2) is 6.10 Å². The predicted molar refractivity (Wildman–Crippen MR) is 252 cm³/mol. The van der Waals surface area contributed by atoms with Crippen LogP contribution in [0.4, 0.5) is 0 Å². The standard InChI is InChI=1S/C53H96O6/c1-4-7-10-13-14-15-16-17-18-19-20-21-22-23-24-25-26-27-28-29-30-31-32-33-34-35-36-37-38-41-43-46-52(55)58-49-50(59-53(56)47-44-40-12-9-6-3)48-57-51(54)45-42-39-11-8-5-2/h16-17,19-20,22-23,50H,4-15,18,21,24-49H2,1-3H3/b17-16-,20-19-,23-22-. The number of carbonyl (C=O) groups is 3. The Morgan fingerprint density at radius 3 is 0.949 bits per heavy atom. The zero-order valence-electron chi connectivity index (χ0n) is 39.3. The van der Waals surface area contributed by atoms with Gasteiger partial charge in [0, 0.05) is 19.3 Å². The molecule has 0 amide bonds. The lowest BCUT2D eigenvalue weighted by molar-refractivity contribution is -0.167. The summed E-state index contributed by atoms with van der Waals surface area (Å²) in [6, 6.07) is 0. The van der Waals surface area contributed by atoms with Gasteiger partial charge in [-0.3, -0.25) is 14.4 Å². The van der Waals surface area contributed by atoms with Crippen molar-refractivity contribution in [2.24, 2.45) is 0 Å². The van der Waals surface area contributed by atoms with Crippen molar-refractivity contribution in [1.29, 1.82) is 0 Å². The van der Waals surface area contributed by atoms with Crippen LogP contribution < -0.4 is 0 Å². The van der Waals surface area contributed by atoms with Crippen LogP contribution in [0.25, 0.3) is 0 Å². The number of ether oxygens (including phenoxy) is 3. The van der Waals surface area contributed by atoms with Gasteiger partial charge in [-0.05, 0) is 57.8 Å². The molecule has 6 nitrogen and oxygen atoms in total. The Bertz CT molecular complexity index is 1000. The first-order valence-corrected chi connectivity index (χ1v) is 25.5. The highest BCUT2D eigenvalue weighted by Gasteiger charge is 2.19. The van der Waals surface area contributed by atoms with Crippen molar-refractivity contribution in [3.8, 4) is 0 Å². The van der Waals surface area contributed by atoms with E-state index in [1.54, 1.807) is 0 Å². The molecular formula is C53H96O6. The Labute approximate surface area is 365 Å². The second-order valence-electron chi connectivity index (χ2n) is 17.1. The van der Waals surface area contributed by atoms with Crippen LogP contribution in [-0.4, -0.2) is 37.2 Å². The van der Waals surface area contributed by atoms with Gasteiger partial charge in [-0.15, -0.1) is 0 Å². The van der Waals surface area contributed by atoms with Gasteiger partial charge in [-0.1, -0.05) is 224 Å². The Morgan fingerprint density at radius 1 is 0.339 bits per heavy atom. The maximum absolute atomic E-state index is 12.5. The molecular weight excluding hydrogens is 733 g/mol. The molecule has 0 saturated carbocycles. The average Bonchev–Trinajstić information content (AvgIpc) is 3.23. The highest BCUT2D eigenvalue weighted by molar-refractivity contribution is 5.71. The van der Waals surface area contributed by atoms with Gasteiger partial charge < -0.3 is 14.2 Å². The van der Waals surface area contributed by atoms with E-state index in [1.807, 2.05) is 0 Å². The van der Waals surface area contributed by atoms with E-state index in [0.717, 1.165) is 83.5 Å². The summed E-state index contributed by atoms with van der Waals surface area (Å²) < 4.78 is 16.5. The lowest BCUT2D eigenvalue weighted by Gasteiger charge is -2.18. The lowest BCUT2D eigenvalue weighted by Crippen LogP contribution is -2.30. The number of esters is 3. The fourth-order valence-electron chi connectivity index (χ4n) is 7.27. The Hall–Kier alpha value is -2.37. The molecule has 0 N–H and O–H groups in total. The molecule has 0 heterocycles. The third-order valence-corrected chi connectivity index (χ3v) is 11.1. The van der Waals surface area contributed by atoms with Crippen LogP contribution in [0.2, 0.25) is 0 Å². The molecule has 0 rings (SSSR count). The van der Waals surface area contributed by atoms with E-state index in [9.17, 15) is 14.4 Å². The Kier molecular flexibility index (Phi) is 46.4. The Balaban J connectivity index is 3.77. The summed E-state index contributed by atoms with van der Waals surface area (Å²) in [5.74, 6) is -0.895. The van der Waals surface area contributed by atoms with E-state index >= 15 is 0 Å². The summed E-state index contributed by atoms with van der Waals surface area (Å²) in [6.45, 7) is 6.46. The van der Waals surface area contributed by atoms with Gasteiger partial charge >= 0.3 is 17.9 Å². The van der Waals surface area contributed by atoms with Gasteiger partial charge in [-0.25, -0.2) is 0 Å². The first kappa shape index (κ1) is 56.6. The number of hydrogen-bond donors (Lipinski definition) is 0. The van der Waals surface area contributed by atoms with Crippen LogP contribution in [0.5, 0.6) is 0 Å². The first-order chi connectivity index (χ1) is 29.0. The van der Waals surface area contributed by atoms with Gasteiger partial charge in [0.05, 0.1) is 0 Å². The smallest absolute Gasteiger partial charge is 0.306 e. The van der Waals surface area contributed by atoms with Crippen molar-refractivity contribution < 1.29 is 28.6 Å². The van der Waals surface area contributed by atoms with Crippen molar-refractivity contribution >= 4 is 17.9 Å². The number of allylic oxidation sites excluding steroid dienone is 6. The van der Waals surface area contributed by atoms with Gasteiger partial charge in [0.1, 0.15) is 13.2 Å². The lowest BCUT2D eigenvalue weighted by atomic mass is 10.0. The maximum Gasteiger partial charge on any atom is 0.306 e. The SMILES string of the molecule is CCCCCCC/C=C\C/C=C\C/C=C\CCCCCCCCCCCCCCCCCCC(=O)OCC(COC(=O)CCCCCCC)OC(=O)CCCCCCC. The molecule has 0 saturated heterocycles. The zero-order chi connectivity index (χ0) is 43.0. The molecule has 0 aromatic carbocycles. The van der Waals surface area contributed by atoms with E-state index in [-0.39, 0.29) is 31.1 Å². The number of rotatable bonds is 46. The summed E-state index contributed by atoms with van der Waals surface area (Å²) in [5.41, 5.74) is 0. The molecule has 1 unspecified atom stereocenters. The molecule has 6 heteroatoms. The van der Waals surface area contributed by atoms with Crippen molar-refractivity contribution in [3.05, 3.63) is 36.5 Å². The molecule has 344 valence electrons. The van der Waals surface area contributed by atoms with E-state index in [0.29, 0.717) is 19.3 Å². The summed E-state index contributed by atoms with van der Waals surface area (Å²) >= 11 is 0. The Morgan fingerprint density at radius 2 is 0.610 bits per heavy atom. The predicted octanol–water partition coefficient (Wildman–Crippen LogP) is 16.5. The molecule has 59 heavy (non-hydrogen) atoms. The molecule has 0 radical (unpaired) electrons. The topological polar surface area (TPSA) is 78.9 Å². The molecule has 0 aliphatic heterocycles. The van der Waals surface area contributed by atoms with Crippen molar-refractivity contribution in [2.75, 3.05) is 13.2 Å². The van der Waals surface area contributed by atoms with Crippen LogP contribution in [0.1, 0.15) is 265 Å². The molecule has 0 spiro atoms. The maximum atomic E-state index is 12.5. The van der Waals surface area contributed by atoms with E-state index < -0.39 is 6.10 Å². The monoisotopic (exact) mass is 829 g/mol. The molecule has 0 aliphatic rings. The summed E-state index contributed by atoms with van der Waals surface area (Å²) in [5, 5.41) is 0.